The SMILES string of the molecule is CN(C(=O)c1cccc(S(=O)(=O)NC2CC2)c1)C1CCc2ccccc21. The largest absolute Gasteiger partial charge is 0.335 e. The zero-order chi connectivity index (χ0) is 18.3. The molecule has 0 saturated heterocycles. The third kappa shape index (κ3) is 3.27. The predicted molar refractivity (Wildman–Crippen MR) is 99.4 cm³/mol. The average molecular weight is 370 g/mol. The van der Waals surface area contributed by atoms with Crippen LogP contribution in [0.4, 0.5) is 0 Å². The summed E-state index contributed by atoms with van der Waals surface area (Å²) in [7, 11) is -1.78. The summed E-state index contributed by atoms with van der Waals surface area (Å²) >= 11 is 0. The van der Waals surface area contributed by atoms with Crippen molar-refractivity contribution in [2.75, 3.05) is 7.05 Å². The van der Waals surface area contributed by atoms with Gasteiger partial charge in [0, 0.05) is 18.7 Å². The minimum atomic E-state index is -3.57. The number of rotatable bonds is 5. The first-order chi connectivity index (χ1) is 12.5. The first kappa shape index (κ1) is 17.2. The summed E-state index contributed by atoms with van der Waals surface area (Å²) in [6.07, 6.45) is 3.60. The van der Waals surface area contributed by atoms with E-state index in [1.54, 1.807) is 24.1 Å². The third-order valence-electron chi connectivity index (χ3n) is 5.18. The van der Waals surface area contributed by atoms with Gasteiger partial charge >= 0.3 is 0 Å². The molecule has 136 valence electrons. The molecule has 1 amide bonds. The molecule has 1 fully saturated rings. The number of nitrogens with zero attached hydrogens (tertiary/aromatic N) is 1. The molecule has 2 aromatic rings. The van der Waals surface area contributed by atoms with Crippen molar-refractivity contribution in [3.8, 4) is 0 Å². The van der Waals surface area contributed by atoms with E-state index in [4.69, 9.17) is 0 Å². The molecule has 0 aromatic heterocycles. The van der Waals surface area contributed by atoms with Crippen LogP contribution in [0.15, 0.2) is 53.4 Å². The molecule has 0 spiro atoms. The van der Waals surface area contributed by atoms with E-state index < -0.39 is 10.0 Å². The van der Waals surface area contributed by atoms with Crippen molar-refractivity contribution in [1.29, 1.82) is 0 Å². The number of nitrogens with one attached hydrogen (secondary N) is 1. The highest BCUT2D eigenvalue weighted by atomic mass is 32.2. The van der Waals surface area contributed by atoms with E-state index in [2.05, 4.69) is 16.9 Å². The lowest BCUT2D eigenvalue weighted by Crippen LogP contribution is -2.30. The topological polar surface area (TPSA) is 66.5 Å². The summed E-state index contributed by atoms with van der Waals surface area (Å²) in [6.45, 7) is 0. The van der Waals surface area contributed by atoms with Crippen LogP contribution in [0.3, 0.4) is 0 Å². The number of benzene rings is 2. The van der Waals surface area contributed by atoms with Gasteiger partial charge < -0.3 is 4.90 Å². The maximum Gasteiger partial charge on any atom is 0.254 e. The van der Waals surface area contributed by atoms with Gasteiger partial charge in [-0.15, -0.1) is 0 Å². The molecule has 2 aliphatic carbocycles. The summed E-state index contributed by atoms with van der Waals surface area (Å²) in [4.78, 5) is 14.8. The maximum absolute atomic E-state index is 13.0. The van der Waals surface area contributed by atoms with E-state index in [1.165, 1.54) is 23.3 Å². The van der Waals surface area contributed by atoms with Crippen LogP contribution in [0.2, 0.25) is 0 Å². The lowest BCUT2D eigenvalue weighted by atomic mass is 10.1. The Hall–Kier alpha value is -2.18. The fraction of sp³-hybridized carbons (Fsp3) is 0.350. The fourth-order valence-corrected chi connectivity index (χ4v) is 4.92. The van der Waals surface area contributed by atoms with Gasteiger partial charge in [0.05, 0.1) is 10.9 Å². The molecule has 0 heterocycles. The summed E-state index contributed by atoms with van der Waals surface area (Å²) in [6, 6.07) is 14.6. The van der Waals surface area contributed by atoms with Gasteiger partial charge in [0.2, 0.25) is 10.0 Å². The number of hydrogen-bond donors (Lipinski definition) is 1. The molecular formula is C20H22N2O3S. The second-order valence-corrected chi connectivity index (χ2v) is 8.81. The van der Waals surface area contributed by atoms with Gasteiger partial charge in [0.25, 0.3) is 5.91 Å². The molecule has 2 aromatic carbocycles. The van der Waals surface area contributed by atoms with Crippen LogP contribution in [-0.4, -0.2) is 32.3 Å². The maximum atomic E-state index is 13.0. The fourth-order valence-electron chi connectivity index (χ4n) is 3.57. The first-order valence-electron chi connectivity index (χ1n) is 8.93. The molecule has 0 radical (unpaired) electrons. The third-order valence-corrected chi connectivity index (χ3v) is 6.70. The average Bonchev–Trinajstić information content (AvgIpc) is 3.34. The zero-order valence-electron chi connectivity index (χ0n) is 14.7. The van der Waals surface area contributed by atoms with Crippen molar-refractivity contribution < 1.29 is 13.2 Å². The smallest absolute Gasteiger partial charge is 0.254 e. The van der Waals surface area contributed by atoms with E-state index in [9.17, 15) is 13.2 Å². The molecule has 2 aliphatic rings. The van der Waals surface area contributed by atoms with Gasteiger partial charge in [-0.1, -0.05) is 30.3 Å². The molecule has 1 N–H and O–H groups in total. The Bertz CT molecular complexity index is 951. The van der Waals surface area contributed by atoms with Gasteiger partial charge in [-0.3, -0.25) is 4.79 Å². The Morgan fingerprint density at radius 1 is 1.08 bits per heavy atom. The number of carbonyl (C=O) groups is 1. The lowest BCUT2D eigenvalue weighted by molar-refractivity contribution is 0.0730. The number of hydrogen-bond acceptors (Lipinski definition) is 3. The number of sulfonamides is 1. The molecular weight excluding hydrogens is 348 g/mol. The quantitative estimate of drug-likeness (QED) is 0.880. The molecule has 5 nitrogen and oxygen atoms in total. The van der Waals surface area contributed by atoms with Crippen LogP contribution in [-0.2, 0) is 16.4 Å². The normalized spacial score (nSPS) is 19.2. The molecule has 1 atom stereocenters. The van der Waals surface area contributed by atoms with Crippen LogP contribution in [0.5, 0.6) is 0 Å². The Kier molecular flexibility index (Phi) is 4.32. The van der Waals surface area contributed by atoms with Gasteiger partial charge in [-0.25, -0.2) is 13.1 Å². The van der Waals surface area contributed by atoms with Crippen LogP contribution in [0.1, 0.15) is 46.8 Å². The van der Waals surface area contributed by atoms with E-state index in [0.29, 0.717) is 5.56 Å². The number of aryl methyl sites for hydroxylation is 1. The molecule has 0 aliphatic heterocycles. The Morgan fingerprint density at radius 2 is 1.85 bits per heavy atom. The minimum Gasteiger partial charge on any atom is -0.335 e. The van der Waals surface area contributed by atoms with Crippen molar-refractivity contribution in [2.24, 2.45) is 0 Å². The highest BCUT2D eigenvalue weighted by Gasteiger charge is 2.30. The van der Waals surface area contributed by atoms with Gasteiger partial charge in [0.1, 0.15) is 0 Å². The van der Waals surface area contributed by atoms with Crippen molar-refractivity contribution in [2.45, 2.75) is 42.7 Å². The Balaban J connectivity index is 1.58. The van der Waals surface area contributed by atoms with Crippen molar-refractivity contribution in [1.82, 2.24) is 9.62 Å². The minimum absolute atomic E-state index is 0.0311. The summed E-state index contributed by atoms with van der Waals surface area (Å²) in [5.41, 5.74) is 2.86. The Labute approximate surface area is 154 Å². The number of amides is 1. The Morgan fingerprint density at radius 3 is 2.62 bits per heavy atom. The molecule has 26 heavy (non-hydrogen) atoms. The second kappa shape index (κ2) is 6.52. The predicted octanol–water partition coefficient (Wildman–Crippen LogP) is 2.89. The van der Waals surface area contributed by atoms with Crippen molar-refractivity contribution in [3.05, 3.63) is 65.2 Å². The highest BCUT2D eigenvalue weighted by molar-refractivity contribution is 7.89. The molecule has 4 rings (SSSR count). The van der Waals surface area contributed by atoms with E-state index in [0.717, 1.165) is 25.7 Å². The molecule has 1 saturated carbocycles. The van der Waals surface area contributed by atoms with E-state index in [1.807, 2.05) is 12.1 Å². The van der Waals surface area contributed by atoms with E-state index in [-0.39, 0.29) is 22.9 Å². The van der Waals surface area contributed by atoms with Crippen LogP contribution in [0, 0.1) is 0 Å². The lowest BCUT2D eigenvalue weighted by Gasteiger charge is -2.25. The van der Waals surface area contributed by atoms with Gasteiger partial charge in [0.15, 0.2) is 0 Å². The zero-order valence-corrected chi connectivity index (χ0v) is 15.5. The van der Waals surface area contributed by atoms with E-state index >= 15 is 0 Å². The molecule has 0 bridgehead atoms. The summed E-state index contributed by atoms with van der Waals surface area (Å²) in [5.74, 6) is -0.157. The molecule has 6 heteroatoms. The van der Waals surface area contributed by atoms with Crippen molar-refractivity contribution in [3.63, 3.8) is 0 Å². The number of fused-ring (bicyclic) bond motifs is 1. The van der Waals surface area contributed by atoms with Crippen LogP contribution in [0.25, 0.3) is 0 Å². The van der Waals surface area contributed by atoms with Crippen LogP contribution >= 0.6 is 0 Å². The van der Waals surface area contributed by atoms with Crippen LogP contribution < -0.4 is 4.72 Å². The first-order valence-corrected chi connectivity index (χ1v) is 10.4. The van der Waals surface area contributed by atoms with Gasteiger partial charge in [-0.2, -0.15) is 0 Å². The summed E-state index contributed by atoms with van der Waals surface area (Å²) < 4.78 is 27.5. The molecule has 1 unspecified atom stereocenters. The summed E-state index contributed by atoms with van der Waals surface area (Å²) in [5, 5.41) is 0. The standard InChI is InChI=1S/C20H22N2O3S/c1-22(19-12-9-14-5-2-3-8-18(14)19)20(23)15-6-4-7-17(13-15)26(24,25)21-16-10-11-16/h2-8,13,16,19,21H,9-12H2,1H3. The van der Waals surface area contributed by atoms with Gasteiger partial charge in [-0.05, 0) is 55.0 Å². The number of carbonyl (C=O) groups excluding carboxylic acids is 1. The monoisotopic (exact) mass is 370 g/mol. The van der Waals surface area contributed by atoms with Crippen molar-refractivity contribution >= 4 is 15.9 Å². The second-order valence-electron chi connectivity index (χ2n) is 7.09. The highest BCUT2D eigenvalue weighted by Crippen LogP contribution is 2.35.